The molecule has 0 aliphatic carbocycles. The van der Waals surface area contributed by atoms with E-state index in [1.165, 1.54) is 6.07 Å². The molecule has 1 N–H and O–H groups in total. The van der Waals surface area contributed by atoms with Crippen molar-refractivity contribution in [3.05, 3.63) is 46.1 Å². The van der Waals surface area contributed by atoms with Crippen molar-refractivity contribution in [3.8, 4) is 0 Å². The molecule has 1 aromatic heterocycles. The van der Waals surface area contributed by atoms with E-state index in [1.807, 2.05) is 0 Å². The van der Waals surface area contributed by atoms with Crippen LogP contribution in [0.3, 0.4) is 0 Å². The molecule has 98 valence electrons. The first-order chi connectivity index (χ1) is 9.01. The van der Waals surface area contributed by atoms with Crippen LogP contribution in [0.1, 0.15) is 21.7 Å². The van der Waals surface area contributed by atoms with Crippen LogP contribution in [-0.2, 0) is 0 Å². The summed E-state index contributed by atoms with van der Waals surface area (Å²) in [6.07, 6.45) is 0.584. The first-order valence-electron chi connectivity index (χ1n) is 5.53. The Balaban J connectivity index is 2.42. The van der Waals surface area contributed by atoms with Crippen molar-refractivity contribution in [2.24, 2.45) is 0 Å². The van der Waals surface area contributed by atoms with Crippen molar-refractivity contribution >= 4 is 29.4 Å². The van der Waals surface area contributed by atoms with Gasteiger partial charge in [-0.2, -0.15) is 0 Å². The Morgan fingerprint density at radius 3 is 2.68 bits per heavy atom. The van der Waals surface area contributed by atoms with Crippen LogP contribution in [0.2, 0.25) is 5.15 Å². The Morgan fingerprint density at radius 1 is 1.32 bits per heavy atom. The van der Waals surface area contributed by atoms with Crippen molar-refractivity contribution in [3.63, 3.8) is 0 Å². The number of aldehydes is 1. The molecule has 6 heteroatoms. The summed E-state index contributed by atoms with van der Waals surface area (Å²) in [6.45, 7) is 3.32. The van der Waals surface area contributed by atoms with Gasteiger partial charge in [-0.1, -0.05) is 11.6 Å². The van der Waals surface area contributed by atoms with E-state index in [-0.39, 0.29) is 16.5 Å². The van der Waals surface area contributed by atoms with E-state index >= 15 is 0 Å². The summed E-state index contributed by atoms with van der Waals surface area (Å²) in [5, 5.41) is 3.03. The monoisotopic (exact) mass is 279 g/mol. The maximum Gasteiger partial charge on any atom is 0.156 e. The van der Waals surface area contributed by atoms with Gasteiger partial charge in [0.15, 0.2) is 6.29 Å². The minimum atomic E-state index is -0.293. The number of benzene rings is 1. The molecule has 0 radical (unpaired) electrons. The highest BCUT2D eigenvalue weighted by Gasteiger charge is 2.11. The van der Waals surface area contributed by atoms with Crippen LogP contribution >= 0.6 is 11.6 Å². The quantitative estimate of drug-likeness (QED) is 0.691. The second kappa shape index (κ2) is 5.32. The molecule has 0 saturated carbocycles. The Bertz CT molecular complexity index is 646. The molecule has 0 atom stereocenters. The van der Waals surface area contributed by atoms with E-state index in [0.29, 0.717) is 29.2 Å². The number of anilines is 2. The number of aryl methyl sites for hydroxylation is 2. The Labute approximate surface area is 114 Å². The SMILES string of the molecule is Cc1nc(Cl)c(C=O)c(Nc2ccc(F)c(C)c2)n1. The molecule has 0 aliphatic rings. The lowest BCUT2D eigenvalue weighted by atomic mass is 10.2. The number of halogens is 2. The maximum absolute atomic E-state index is 13.2. The Kier molecular flexibility index (Phi) is 3.76. The third-order valence-electron chi connectivity index (χ3n) is 2.55. The molecule has 2 aromatic rings. The highest BCUT2D eigenvalue weighted by Crippen LogP contribution is 2.23. The lowest BCUT2D eigenvalue weighted by Gasteiger charge is -2.10. The molecule has 0 amide bonds. The molecule has 4 nitrogen and oxygen atoms in total. The van der Waals surface area contributed by atoms with Gasteiger partial charge in [-0.25, -0.2) is 14.4 Å². The second-order valence-corrected chi connectivity index (χ2v) is 4.39. The van der Waals surface area contributed by atoms with Crippen LogP contribution in [-0.4, -0.2) is 16.3 Å². The number of hydrogen-bond acceptors (Lipinski definition) is 4. The van der Waals surface area contributed by atoms with Gasteiger partial charge >= 0.3 is 0 Å². The van der Waals surface area contributed by atoms with Gasteiger partial charge in [-0.3, -0.25) is 4.79 Å². The van der Waals surface area contributed by atoms with Crippen LogP contribution in [0, 0.1) is 19.7 Å². The number of carbonyl (C=O) groups is 1. The number of aromatic nitrogens is 2. The zero-order valence-corrected chi connectivity index (χ0v) is 11.1. The van der Waals surface area contributed by atoms with Gasteiger partial charge in [0.1, 0.15) is 22.6 Å². The molecule has 0 unspecified atom stereocenters. The molecule has 0 fully saturated rings. The van der Waals surface area contributed by atoms with Crippen molar-refractivity contribution in [2.45, 2.75) is 13.8 Å². The minimum Gasteiger partial charge on any atom is -0.339 e. The third kappa shape index (κ3) is 2.88. The highest BCUT2D eigenvalue weighted by molar-refractivity contribution is 6.32. The van der Waals surface area contributed by atoms with E-state index in [2.05, 4.69) is 15.3 Å². The molecule has 2 rings (SSSR count). The Hall–Kier alpha value is -2.01. The molecular formula is C13H11ClFN3O. The fourth-order valence-electron chi connectivity index (χ4n) is 1.61. The van der Waals surface area contributed by atoms with Crippen LogP contribution in [0.25, 0.3) is 0 Å². The summed E-state index contributed by atoms with van der Waals surface area (Å²) >= 11 is 5.88. The number of carbonyl (C=O) groups excluding carboxylic acids is 1. The lowest BCUT2D eigenvalue weighted by Crippen LogP contribution is -2.03. The molecular weight excluding hydrogens is 269 g/mol. The van der Waals surface area contributed by atoms with Crippen molar-refractivity contribution in [1.29, 1.82) is 0 Å². The number of nitrogens with one attached hydrogen (secondary N) is 1. The zero-order chi connectivity index (χ0) is 14.0. The average Bonchev–Trinajstić information content (AvgIpc) is 2.33. The number of rotatable bonds is 3. The van der Waals surface area contributed by atoms with Gasteiger partial charge in [0.2, 0.25) is 0 Å². The molecule has 19 heavy (non-hydrogen) atoms. The van der Waals surface area contributed by atoms with Gasteiger partial charge in [-0.15, -0.1) is 0 Å². The van der Waals surface area contributed by atoms with E-state index in [4.69, 9.17) is 11.6 Å². The number of hydrogen-bond donors (Lipinski definition) is 1. The van der Waals surface area contributed by atoms with Crippen LogP contribution in [0.4, 0.5) is 15.9 Å². The molecule has 1 heterocycles. The van der Waals surface area contributed by atoms with E-state index in [1.54, 1.807) is 26.0 Å². The molecule has 0 bridgehead atoms. The summed E-state index contributed by atoms with van der Waals surface area (Å²) in [7, 11) is 0. The fraction of sp³-hybridized carbons (Fsp3) is 0.154. The standard InChI is InChI=1S/C13H11ClFN3O/c1-7-5-9(3-4-11(7)15)18-13-10(6-19)12(14)16-8(2)17-13/h3-6H,1-2H3,(H,16,17,18). The first-order valence-corrected chi connectivity index (χ1v) is 5.91. The molecule has 1 aromatic carbocycles. The third-order valence-corrected chi connectivity index (χ3v) is 2.84. The average molecular weight is 280 g/mol. The van der Waals surface area contributed by atoms with Crippen molar-refractivity contribution in [1.82, 2.24) is 9.97 Å². The highest BCUT2D eigenvalue weighted by atomic mass is 35.5. The van der Waals surface area contributed by atoms with E-state index in [9.17, 15) is 9.18 Å². The van der Waals surface area contributed by atoms with Gasteiger partial charge in [0.25, 0.3) is 0 Å². The largest absolute Gasteiger partial charge is 0.339 e. The predicted octanol–water partition coefficient (Wildman–Crippen LogP) is 3.44. The second-order valence-electron chi connectivity index (χ2n) is 4.03. The predicted molar refractivity (Wildman–Crippen MR) is 71.6 cm³/mol. The van der Waals surface area contributed by atoms with Gasteiger partial charge < -0.3 is 5.32 Å². The van der Waals surface area contributed by atoms with Gasteiger partial charge in [0, 0.05) is 5.69 Å². The summed E-state index contributed by atoms with van der Waals surface area (Å²) in [4.78, 5) is 19.0. The number of nitrogens with zero attached hydrogens (tertiary/aromatic N) is 2. The Morgan fingerprint density at radius 2 is 2.05 bits per heavy atom. The zero-order valence-electron chi connectivity index (χ0n) is 10.4. The van der Waals surface area contributed by atoms with Crippen LogP contribution < -0.4 is 5.32 Å². The topological polar surface area (TPSA) is 54.9 Å². The maximum atomic E-state index is 13.2. The summed E-state index contributed by atoms with van der Waals surface area (Å²) in [6, 6.07) is 4.52. The van der Waals surface area contributed by atoms with Crippen molar-refractivity contribution in [2.75, 3.05) is 5.32 Å². The van der Waals surface area contributed by atoms with Crippen LogP contribution in [0.5, 0.6) is 0 Å². The summed E-state index contributed by atoms with van der Waals surface area (Å²) < 4.78 is 13.2. The fourth-order valence-corrected chi connectivity index (χ4v) is 1.86. The van der Waals surface area contributed by atoms with Gasteiger partial charge in [0.05, 0.1) is 5.56 Å². The smallest absolute Gasteiger partial charge is 0.156 e. The van der Waals surface area contributed by atoms with Gasteiger partial charge in [-0.05, 0) is 37.6 Å². The van der Waals surface area contributed by atoms with Crippen LogP contribution in [0.15, 0.2) is 18.2 Å². The van der Waals surface area contributed by atoms with Crippen molar-refractivity contribution < 1.29 is 9.18 Å². The van der Waals surface area contributed by atoms with E-state index < -0.39 is 0 Å². The molecule has 0 saturated heterocycles. The summed E-state index contributed by atoms with van der Waals surface area (Å²) in [5.41, 5.74) is 1.29. The van der Waals surface area contributed by atoms with E-state index in [0.717, 1.165) is 0 Å². The minimum absolute atomic E-state index is 0.0869. The molecule has 0 aliphatic heterocycles. The first kappa shape index (κ1) is 13.4. The lowest BCUT2D eigenvalue weighted by molar-refractivity contribution is 0.112. The molecule has 0 spiro atoms. The summed E-state index contributed by atoms with van der Waals surface area (Å²) in [5.74, 6) is 0.452. The normalized spacial score (nSPS) is 10.3.